The van der Waals surface area contributed by atoms with E-state index in [9.17, 15) is 23.5 Å². The summed E-state index contributed by atoms with van der Waals surface area (Å²) in [6, 6.07) is 6.69. The van der Waals surface area contributed by atoms with E-state index >= 15 is 0 Å². The van der Waals surface area contributed by atoms with Crippen molar-refractivity contribution in [3.8, 4) is 16.9 Å². The second-order valence-electron chi connectivity index (χ2n) is 7.84. The number of phenols is 1. The summed E-state index contributed by atoms with van der Waals surface area (Å²) in [6.07, 6.45) is 2.05. The molecule has 0 aliphatic carbocycles. The molecule has 1 aliphatic rings. The zero-order valence-corrected chi connectivity index (χ0v) is 17.1. The molecule has 1 amide bonds. The summed E-state index contributed by atoms with van der Waals surface area (Å²) in [7, 11) is 0. The third-order valence-corrected chi connectivity index (χ3v) is 4.23. The standard InChI is InChI=1S/C13H8F2O3.C9H17NO2/c14-10-3-1-7(6-11(10)15)9-5-8(13(17)18)2-4-12(9)16;1-9(2,3)12-8(11)10-6-4-5-7-10/h1-6,16H,(H,17,18);4-7H2,1-3H3. The van der Waals surface area contributed by atoms with Gasteiger partial charge >= 0.3 is 12.1 Å². The van der Waals surface area contributed by atoms with Gasteiger partial charge in [-0.1, -0.05) is 6.07 Å². The molecule has 0 unspecified atom stereocenters. The van der Waals surface area contributed by atoms with Crippen LogP contribution in [0.5, 0.6) is 5.75 Å². The van der Waals surface area contributed by atoms with Gasteiger partial charge in [0, 0.05) is 18.7 Å². The van der Waals surface area contributed by atoms with Gasteiger partial charge in [0.2, 0.25) is 0 Å². The number of halogens is 2. The summed E-state index contributed by atoms with van der Waals surface area (Å²) in [5.74, 6) is -3.44. The van der Waals surface area contributed by atoms with Gasteiger partial charge in [0.1, 0.15) is 11.4 Å². The lowest BCUT2D eigenvalue weighted by Crippen LogP contribution is -2.34. The average Bonchev–Trinajstić information content (AvgIpc) is 3.18. The van der Waals surface area contributed by atoms with Gasteiger partial charge in [-0.3, -0.25) is 0 Å². The molecule has 1 fully saturated rings. The zero-order chi connectivity index (χ0) is 22.5. The minimum Gasteiger partial charge on any atom is -0.507 e. The molecular formula is C22H25F2NO5. The highest BCUT2D eigenvalue weighted by atomic mass is 19.2. The number of amides is 1. The number of carbonyl (C=O) groups is 2. The van der Waals surface area contributed by atoms with Gasteiger partial charge in [0.05, 0.1) is 5.56 Å². The topological polar surface area (TPSA) is 87.1 Å². The van der Waals surface area contributed by atoms with Crippen LogP contribution in [0.4, 0.5) is 13.6 Å². The molecule has 162 valence electrons. The van der Waals surface area contributed by atoms with E-state index in [1.165, 1.54) is 24.3 Å². The lowest BCUT2D eigenvalue weighted by molar-refractivity contribution is 0.0295. The number of rotatable bonds is 2. The smallest absolute Gasteiger partial charge is 0.410 e. The number of carboxylic acid groups (broad SMARTS) is 1. The molecule has 0 saturated carbocycles. The van der Waals surface area contributed by atoms with Crippen molar-refractivity contribution in [2.75, 3.05) is 13.1 Å². The van der Waals surface area contributed by atoms with Crippen LogP contribution in [0.1, 0.15) is 44.0 Å². The maximum atomic E-state index is 13.1. The lowest BCUT2D eigenvalue weighted by Gasteiger charge is -2.23. The fraction of sp³-hybridized carbons (Fsp3) is 0.364. The third kappa shape index (κ3) is 6.43. The SMILES string of the molecule is CC(C)(C)OC(=O)N1CCCC1.O=C(O)c1ccc(O)c(-c2ccc(F)c(F)c2)c1. The summed E-state index contributed by atoms with van der Waals surface area (Å²) < 4.78 is 31.1. The van der Waals surface area contributed by atoms with E-state index in [1.54, 1.807) is 4.90 Å². The summed E-state index contributed by atoms with van der Waals surface area (Å²) in [6.45, 7) is 7.38. The molecule has 0 atom stereocenters. The first-order valence-electron chi connectivity index (χ1n) is 9.47. The molecule has 1 saturated heterocycles. The van der Waals surface area contributed by atoms with Crippen LogP contribution in [0.3, 0.4) is 0 Å². The summed E-state index contributed by atoms with van der Waals surface area (Å²) in [4.78, 5) is 23.9. The Morgan fingerprint density at radius 1 is 1.00 bits per heavy atom. The first kappa shape index (κ1) is 23.1. The highest BCUT2D eigenvalue weighted by Crippen LogP contribution is 2.31. The molecule has 30 heavy (non-hydrogen) atoms. The number of hydrogen-bond acceptors (Lipinski definition) is 4. The Balaban J connectivity index is 0.000000232. The van der Waals surface area contributed by atoms with Crippen molar-refractivity contribution in [3.63, 3.8) is 0 Å². The van der Waals surface area contributed by atoms with Crippen LogP contribution in [0, 0.1) is 11.6 Å². The average molecular weight is 421 g/mol. The predicted molar refractivity (Wildman–Crippen MR) is 107 cm³/mol. The normalized spacial score (nSPS) is 13.4. The Hall–Kier alpha value is -3.16. The van der Waals surface area contributed by atoms with Crippen LogP contribution in [0.15, 0.2) is 36.4 Å². The maximum Gasteiger partial charge on any atom is 0.410 e. The predicted octanol–water partition coefficient (Wildman–Crippen LogP) is 5.05. The van der Waals surface area contributed by atoms with E-state index in [0.717, 1.165) is 38.1 Å². The van der Waals surface area contributed by atoms with Gasteiger partial charge in [-0.15, -0.1) is 0 Å². The molecule has 0 aromatic heterocycles. The minimum absolute atomic E-state index is 0.0486. The number of carboxylic acids is 1. The molecule has 6 nitrogen and oxygen atoms in total. The first-order valence-corrected chi connectivity index (χ1v) is 9.47. The molecule has 0 spiro atoms. The second kappa shape index (κ2) is 9.56. The van der Waals surface area contributed by atoms with Crippen molar-refractivity contribution < 1.29 is 33.3 Å². The monoisotopic (exact) mass is 421 g/mol. The molecule has 3 rings (SSSR count). The molecule has 0 bridgehead atoms. The lowest BCUT2D eigenvalue weighted by atomic mass is 10.0. The number of aromatic carboxylic acids is 1. The first-order chi connectivity index (χ1) is 14.0. The van der Waals surface area contributed by atoms with Crippen LogP contribution >= 0.6 is 0 Å². The molecule has 0 radical (unpaired) electrons. The number of hydrogen-bond donors (Lipinski definition) is 2. The molecule has 8 heteroatoms. The summed E-state index contributed by atoms with van der Waals surface area (Å²) in [5, 5.41) is 18.5. The molecule has 1 aliphatic heterocycles. The summed E-state index contributed by atoms with van der Waals surface area (Å²) >= 11 is 0. The van der Waals surface area contributed by atoms with Crippen LogP contribution < -0.4 is 0 Å². The van der Waals surface area contributed by atoms with E-state index < -0.39 is 17.6 Å². The highest BCUT2D eigenvalue weighted by Gasteiger charge is 2.23. The van der Waals surface area contributed by atoms with Gasteiger partial charge in [-0.2, -0.15) is 0 Å². The van der Waals surface area contributed by atoms with Gasteiger partial charge < -0.3 is 19.8 Å². The number of phenolic OH excluding ortho intramolecular Hbond substituents is 1. The van der Waals surface area contributed by atoms with Crippen molar-refractivity contribution >= 4 is 12.1 Å². The molecule has 2 N–H and O–H groups in total. The third-order valence-electron chi connectivity index (χ3n) is 4.23. The van der Waals surface area contributed by atoms with Crippen LogP contribution in [-0.4, -0.2) is 45.9 Å². The Labute approximate surface area is 173 Å². The number of likely N-dealkylation sites (tertiary alicyclic amines) is 1. The van der Waals surface area contributed by atoms with E-state index in [0.29, 0.717) is 0 Å². The van der Waals surface area contributed by atoms with Crippen molar-refractivity contribution in [2.45, 2.75) is 39.2 Å². The number of aromatic hydroxyl groups is 1. The van der Waals surface area contributed by atoms with E-state index in [4.69, 9.17) is 9.84 Å². The van der Waals surface area contributed by atoms with Gasteiger partial charge in [-0.25, -0.2) is 18.4 Å². The van der Waals surface area contributed by atoms with Gasteiger partial charge in [0.15, 0.2) is 11.6 Å². The number of ether oxygens (including phenoxy) is 1. The van der Waals surface area contributed by atoms with Crippen molar-refractivity contribution in [2.24, 2.45) is 0 Å². The molecular weight excluding hydrogens is 396 g/mol. The second-order valence-corrected chi connectivity index (χ2v) is 7.84. The van der Waals surface area contributed by atoms with Gasteiger partial charge in [0.25, 0.3) is 0 Å². The molecule has 2 aromatic carbocycles. The largest absolute Gasteiger partial charge is 0.507 e. The van der Waals surface area contributed by atoms with Crippen molar-refractivity contribution in [1.82, 2.24) is 4.90 Å². The van der Waals surface area contributed by atoms with E-state index in [-0.39, 0.29) is 34.1 Å². The Bertz CT molecular complexity index is 918. The number of nitrogens with zero attached hydrogens (tertiary/aromatic N) is 1. The van der Waals surface area contributed by atoms with E-state index in [2.05, 4.69) is 0 Å². The van der Waals surface area contributed by atoms with Crippen LogP contribution in [-0.2, 0) is 4.74 Å². The Morgan fingerprint density at radius 3 is 2.17 bits per heavy atom. The van der Waals surface area contributed by atoms with Crippen LogP contribution in [0.25, 0.3) is 11.1 Å². The molecule has 1 heterocycles. The quantitative estimate of drug-likeness (QED) is 0.708. The van der Waals surface area contributed by atoms with Crippen LogP contribution in [0.2, 0.25) is 0 Å². The number of carbonyl (C=O) groups excluding carboxylic acids is 1. The highest BCUT2D eigenvalue weighted by molar-refractivity contribution is 5.90. The number of benzene rings is 2. The fourth-order valence-electron chi connectivity index (χ4n) is 2.79. The summed E-state index contributed by atoms with van der Waals surface area (Å²) in [5.41, 5.74) is -0.0736. The van der Waals surface area contributed by atoms with Crippen molar-refractivity contribution in [1.29, 1.82) is 0 Å². The minimum atomic E-state index is -1.17. The maximum absolute atomic E-state index is 13.1. The van der Waals surface area contributed by atoms with Crippen molar-refractivity contribution in [3.05, 3.63) is 53.6 Å². The Morgan fingerprint density at radius 2 is 1.63 bits per heavy atom. The zero-order valence-electron chi connectivity index (χ0n) is 17.1. The molecule has 2 aromatic rings. The Kier molecular flexibility index (Phi) is 7.37. The van der Waals surface area contributed by atoms with Gasteiger partial charge in [-0.05, 0) is 69.5 Å². The fourth-order valence-corrected chi connectivity index (χ4v) is 2.79. The van der Waals surface area contributed by atoms with E-state index in [1.807, 2.05) is 20.8 Å².